The average molecular weight is 611 g/mol. The van der Waals surface area contributed by atoms with E-state index in [1.165, 1.54) is 76.5 Å². The first-order valence-electron chi connectivity index (χ1n) is 16.4. The van der Waals surface area contributed by atoms with Gasteiger partial charge in [0.05, 0.1) is 0 Å². The second-order valence-electron chi connectivity index (χ2n) is 12.8. The van der Waals surface area contributed by atoms with Crippen LogP contribution in [0, 0.1) is 0 Å². The van der Waals surface area contributed by atoms with Crippen molar-refractivity contribution in [3.8, 4) is 33.4 Å². The molecule has 0 aliphatic rings. The van der Waals surface area contributed by atoms with E-state index in [0.29, 0.717) is 0 Å². The molecule has 0 N–H and O–H groups in total. The van der Waals surface area contributed by atoms with Gasteiger partial charge in [-0.1, -0.05) is 127 Å². The van der Waals surface area contributed by atoms with Crippen LogP contribution in [0.15, 0.2) is 167 Å². The summed E-state index contributed by atoms with van der Waals surface area (Å²) in [5, 5.41) is 12.1. The largest absolute Gasteiger partial charge is 0.456 e. The van der Waals surface area contributed by atoms with Crippen molar-refractivity contribution in [3.05, 3.63) is 158 Å². The number of furan rings is 2. The lowest BCUT2D eigenvalue weighted by molar-refractivity contribution is 0.669. The maximum atomic E-state index is 6.33. The van der Waals surface area contributed by atoms with Crippen LogP contribution in [-0.2, 0) is 0 Å². The Morgan fingerprint density at radius 2 is 0.833 bits per heavy atom. The van der Waals surface area contributed by atoms with Gasteiger partial charge in [0, 0.05) is 21.5 Å². The number of para-hydroxylation sites is 1. The van der Waals surface area contributed by atoms with Gasteiger partial charge in [-0.05, 0) is 96.0 Å². The van der Waals surface area contributed by atoms with Crippen LogP contribution >= 0.6 is 0 Å². The predicted octanol–water partition coefficient (Wildman–Crippen LogP) is 13.4. The van der Waals surface area contributed by atoms with Gasteiger partial charge in [0.2, 0.25) is 0 Å². The van der Waals surface area contributed by atoms with E-state index in [0.717, 1.165) is 33.1 Å². The van der Waals surface area contributed by atoms with Crippen LogP contribution in [0.2, 0.25) is 0 Å². The van der Waals surface area contributed by atoms with Crippen LogP contribution < -0.4 is 0 Å². The topological polar surface area (TPSA) is 26.3 Å². The Labute approximate surface area is 275 Å². The first-order valence-corrected chi connectivity index (χ1v) is 16.4. The maximum Gasteiger partial charge on any atom is 0.136 e. The number of benzene rings is 9. The molecule has 0 fully saturated rings. The predicted molar refractivity (Wildman–Crippen MR) is 201 cm³/mol. The van der Waals surface area contributed by atoms with Crippen LogP contribution in [0.4, 0.5) is 0 Å². The summed E-state index contributed by atoms with van der Waals surface area (Å²) in [6.07, 6.45) is 0. The molecule has 0 aliphatic heterocycles. The summed E-state index contributed by atoms with van der Waals surface area (Å²) >= 11 is 0. The van der Waals surface area contributed by atoms with E-state index in [1.54, 1.807) is 0 Å². The number of hydrogen-bond acceptors (Lipinski definition) is 2. The van der Waals surface area contributed by atoms with Crippen LogP contribution in [0.1, 0.15) is 0 Å². The number of fused-ring (bicyclic) bond motifs is 5. The van der Waals surface area contributed by atoms with Gasteiger partial charge in [-0.15, -0.1) is 0 Å². The monoisotopic (exact) mass is 610 g/mol. The summed E-state index contributed by atoms with van der Waals surface area (Å²) in [4.78, 5) is 0. The van der Waals surface area contributed by atoms with E-state index < -0.39 is 0 Å². The molecule has 0 aliphatic carbocycles. The van der Waals surface area contributed by atoms with Crippen LogP contribution in [0.25, 0.3) is 110 Å². The molecule has 11 aromatic rings. The number of rotatable bonds is 3. The van der Waals surface area contributed by atoms with Gasteiger partial charge >= 0.3 is 0 Å². The van der Waals surface area contributed by atoms with Crippen molar-refractivity contribution in [2.75, 3.05) is 0 Å². The van der Waals surface area contributed by atoms with Crippen molar-refractivity contribution in [2.24, 2.45) is 0 Å². The first-order chi connectivity index (χ1) is 23.8. The van der Waals surface area contributed by atoms with Gasteiger partial charge in [0.1, 0.15) is 22.3 Å². The van der Waals surface area contributed by atoms with Crippen molar-refractivity contribution in [3.63, 3.8) is 0 Å². The molecule has 11 rings (SSSR count). The Morgan fingerprint density at radius 3 is 1.58 bits per heavy atom. The Balaban J connectivity index is 1.15. The summed E-state index contributed by atoms with van der Waals surface area (Å²) in [5.74, 6) is 0. The molecule has 0 bridgehead atoms. The molecule has 0 spiro atoms. The van der Waals surface area contributed by atoms with Crippen LogP contribution in [0.3, 0.4) is 0 Å². The fourth-order valence-electron chi connectivity index (χ4n) is 8.23. The lowest BCUT2D eigenvalue weighted by atomic mass is 9.84. The molecule has 2 aromatic heterocycles. The molecule has 48 heavy (non-hydrogen) atoms. The summed E-state index contributed by atoms with van der Waals surface area (Å²) in [5.41, 5.74) is 11.0. The van der Waals surface area contributed by atoms with Crippen molar-refractivity contribution in [2.45, 2.75) is 0 Å². The first kappa shape index (κ1) is 25.8. The highest BCUT2D eigenvalue weighted by Gasteiger charge is 2.21. The molecule has 2 heterocycles. The lowest BCUT2D eigenvalue weighted by Gasteiger charge is -2.19. The third kappa shape index (κ3) is 3.46. The highest BCUT2D eigenvalue weighted by Crippen LogP contribution is 2.48. The zero-order valence-corrected chi connectivity index (χ0v) is 25.8. The summed E-state index contributed by atoms with van der Waals surface area (Å²) in [7, 11) is 0. The second-order valence-corrected chi connectivity index (χ2v) is 12.8. The molecular formula is C46H26O2. The van der Waals surface area contributed by atoms with Gasteiger partial charge in [-0.25, -0.2) is 0 Å². The molecule has 222 valence electrons. The minimum Gasteiger partial charge on any atom is -0.456 e. The zero-order valence-electron chi connectivity index (χ0n) is 25.8. The molecule has 0 saturated carbocycles. The molecule has 0 atom stereocenters. The molecule has 9 aromatic carbocycles. The average Bonchev–Trinajstić information content (AvgIpc) is 3.73. The fraction of sp³-hybridized carbons (Fsp3) is 0. The Kier molecular flexibility index (Phi) is 5.14. The Hall–Kier alpha value is -6.38. The van der Waals surface area contributed by atoms with E-state index in [4.69, 9.17) is 8.83 Å². The standard InChI is InChI=1S/C46H26O2/c1-3-12-33-31(10-1)42(29-21-19-27(20-22-29)30-15-8-18-40-45(30)37-14-5-6-16-38(37)47-40)32-11-2-4-13-34(32)44(33)35-25-26-41-46-36(35)24-23-28-9-7-17-39(48-41)43(28)46/h1-26H. The third-order valence-corrected chi connectivity index (χ3v) is 10.3. The molecule has 0 unspecified atom stereocenters. The van der Waals surface area contributed by atoms with Crippen molar-refractivity contribution in [1.29, 1.82) is 0 Å². The molecule has 0 saturated heterocycles. The third-order valence-electron chi connectivity index (χ3n) is 10.3. The molecule has 2 heteroatoms. The molecule has 0 radical (unpaired) electrons. The smallest absolute Gasteiger partial charge is 0.136 e. The normalized spacial score (nSPS) is 12.2. The quantitative estimate of drug-likeness (QED) is 0.147. The SMILES string of the molecule is c1ccc2c(c1)oc1cccc(-c3ccc(-c4c5ccccc5c(-c5ccc6oc7cccc8ccc5c6c87)c5ccccc45)cc3)c12. The van der Waals surface area contributed by atoms with Crippen molar-refractivity contribution in [1.82, 2.24) is 0 Å². The minimum atomic E-state index is 0.914. The summed E-state index contributed by atoms with van der Waals surface area (Å²) in [6, 6.07) is 56.7. The van der Waals surface area contributed by atoms with Gasteiger partial charge in [0.25, 0.3) is 0 Å². The van der Waals surface area contributed by atoms with Gasteiger partial charge in [-0.2, -0.15) is 0 Å². The molecule has 2 nitrogen and oxygen atoms in total. The molecular weight excluding hydrogens is 585 g/mol. The maximum absolute atomic E-state index is 6.33. The summed E-state index contributed by atoms with van der Waals surface area (Å²) in [6.45, 7) is 0. The van der Waals surface area contributed by atoms with E-state index in [-0.39, 0.29) is 0 Å². The van der Waals surface area contributed by atoms with Crippen molar-refractivity contribution < 1.29 is 8.83 Å². The van der Waals surface area contributed by atoms with E-state index in [1.807, 2.05) is 12.1 Å². The minimum absolute atomic E-state index is 0.914. The highest BCUT2D eigenvalue weighted by molar-refractivity contribution is 6.28. The van der Waals surface area contributed by atoms with E-state index in [9.17, 15) is 0 Å². The zero-order chi connectivity index (χ0) is 31.3. The number of hydrogen-bond donors (Lipinski definition) is 0. The van der Waals surface area contributed by atoms with Gasteiger partial charge < -0.3 is 8.83 Å². The van der Waals surface area contributed by atoms with Crippen LogP contribution in [0.5, 0.6) is 0 Å². The van der Waals surface area contributed by atoms with E-state index in [2.05, 4.69) is 146 Å². The fourth-order valence-corrected chi connectivity index (χ4v) is 8.23. The van der Waals surface area contributed by atoms with E-state index >= 15 is 0 Å². The summed E-state index contributed by atoms with van der Waals surface area (Å²) < 4.78 is 12.5. The van der Waals surface area contributed by atoms with Crippen LogP contribution in [-0.4, -0.2) is 0 Å². The van der Waals surface area contributed by atoms with Crippen molar-refractivity contribution >= 4 is 76.2 Å². The Morgan fingerprint density at radius 1 is 0.271 bits per heavy atom. The second kappa shape index (κ2) is 9.57. The van der Waals surface area contributed by atoms with Gasteiger partial charge in [-0.3, -0.25) is 0 Å². The highest BCUT2D eigenvalue weighted by atomic mass is 16.3. The molecule has 0 amide bonds. The lowest BCUT2D eigenvalue weighted by Crippen LogP contribution is -1.92. The van der Waals surface area contributed by atoms with Gasteiger partial charge in [0.15, 0.2) is 0 Å². The Bertz CT molecular complexity index is 2990.